The summed E-state index contributed by atoms with van der Waals surface area (Å²) in [6.45, 7) is 4.33. The monoisotopic (exact) mass is 336 g/mol. The van der Waals surface area contributed by atoms with E-state index < -0.39 is 24.0 Å². The van der Waals surface area contributed by atoms with Crippen LogP contribution in [0.3, 0.4) is 0 Å². The summed E-state index contributed by atoms with van der Waals surface area (Å²) in [5.74, 6) is -0.454. The van der Waals surface area contributed by atoms with Crippen LogP contribution in [0.2, 0.25) is 0 Å². The van der Waals surface area contributed by atoms with E-state index in [0.29, 0.717) is 30.3 Å². The molecular weight excluding hydrogens is 316 g/mol. The Bertz CT molecular complexity index is 643. The lowest BCUT2D eigenvalue weighted by Gasteiger charge is -2.21. The van der Waals surface area contributed by atoms with Gasteiger partial charge in [-0.3, -0.25) is 14.9 Å². The van der Waals surface area contributed by atoms with Crippen molar-refractivity contribution in [2.24, 2.45) is 11.7 Å². The van der Waals surface area contributed by atoms with Crippen molar-refractivity contribution in [1.82, 2.24) is 5.32 Å². The minimum atomic E-state index is -1.10. The average molecular weight is 336 g/mol. The minimum absolute atomic E-state index is 0.0380. The highest BCUT2D eigenvalue weighted by Gasteiger charge is 2.27. The van der Waals surface area contributed by atoms with Gasteiger partial charge in [0.1, 0.15) is 13.2 Å². The molecular formula is C16H20N2O6. The Labute approximate surface area is 139 Å². The number of ether oxygens (including phenoxy) is 3. The van der Waals surface area contributed by atoms with Crippen molar-refractivity contribution in [3.63, 3.8) is 0 Å². The molecule has 3 amide bonds. The van der Waals surface area contributed by atoms with Gasteiger partial charge in [-0.25, -0.2) is 4.79 Å². The number of rotatable bonds is 5. The van der Waals surface area contributed by atoms with Gasteiger partial charge in [0, 0.05) is 0 Å². The molecule has 0 aromatic heterocycles. The number of nitrogens with two attached hydrogens (primary N) is 1. The van der Waals surface area contributed by atoms with Crippen molar-refractivity contribution in [2.75, 3.05) is 13.2 Å². The van der Waals surface area contributed by atoms with Crippen LogP contribution in [0, 0.1) is 5.92 Å². The number of amides is 3. The molecule has 1 heterocycles. The Morgan fingerprint density at radius 2 is 1.88 bits per heavy atom. The zero-order valence-electron chi connectivity index (χ0n) is 13.5. The molecule has 0 unspecified atom stereocenters. The van der Waals surface area contributed by atoms with Gasteiger partial charge in [0.15, 0.2) is 17.6 Å². The minimum Gasteiger partial charge on any atom is -0.486 e. The molecule has 1 atom stereocenters. The van der Waals surface area contributed by atoms with Crippen LogP contribution in [0.25, 0.3) is 0 Å². The third kappa shape index (κ3) is 4.61. The summed E-state index contributed by atoms with van der Waals surface area (Å²) in [6, 6.07) is 4.15. The summed E-state index contributed by atoms with van der Waals surface area (Å²) in [7, 11) is 0. The number of hydrogen-bond donors (Lipinski definition) is 2. The summed E-state index contributed by atoms with van der Waals surface area (Å²) < 4.78 is 16.1. The van der Waals surface area contributed by atoms with E-state index in [0.717, 1.165) is 0 Å². The first-order chi connectivity index (χ1) is 11.4. The van der Waals surface area contributed by atoms with E-state index >= 15 is 0 Å². The van der Waals surface area contributed by atoms with Gasteiger partial charge in [0.2, 0.25) is 0 Å². The molecule has 8 nitrogen and oxygen atoms in total. The first-order valence-electron chi connectivity index (χ1n) is 7.55. The fraction of sp³-hybridized carbons (Fsp3) is 0.438. The molecule has 24 heavy (non-hydrogen) atoms. The number of benzene rings is 1. The molecule has 0 aliphatic carbocycles. The summed E-state index contributed by atoms with van der Waals surface area (Å²) >= 11 is 0. The maximum atomic E-state index is 12.1. The second kappa shape index (κ2) is 7.67. The molecule has 1 aromatic rings. The fourth-order valence-corrected chi connectivity index (χ4v) is 2.23. The highest BCUT2D eigenvalue weighted by Crippen LogP contribution is 2.30. The lowest BCUT2D eigenvalue weighted by Crippen LogP contribution is -2.45. The van der Waals surface area contributed by atoms with E-state index in [9.17, 15) is 14.4 Å². The van der Waals surface area contributed by atoms with E-state index in [4.69, 9.17) is 19.9 Å². The van der Waals surface area contributed by atoms with Gasteiger partial charge in [-0.15, -0.1) is 0 Å². The quantitative estimate of drug-likeness (QED) is 0.767. The third-order valence-corrected chi connectivity index (χ3v) is 3.32. The molecule has 0 saturated heterocycles. The van der Waals surface area contributed by atoms with Crippen LogP contribution < -0.4 is 20.5 Å². The van der Waals surface area contributed by atoms with E-state index in [-0.39, 0.29) is 12.3 Å². The molecule has 0 fully saturated rings. The molecule has 0 radical (unpaired) electrons. The topological polar surface area (TPSA) is 117 Å². The number of primary amides is 1. The largest absolute Gasteiger partial charge is 0.486 e. The molecule has 1 aliphatic heterocycles. The number of urea groups is 1. The highest BCUT2D eigenvalue weighted by atomic mass is 16.6. The van der Waals surface area contributed by atoms with Crippen LogP contribution in [-0.2, 0) is 20.7 Å². The van der Waals surface area contributed by atoms with Gasteiger partial charge in [-0.2, -0.15) is 0 Å². The van der Waals surface area contributed by atoms with Crippen molar-refractivity contribution >= 4 is 17.9 Å². The van der Waals surface area contributed by atoms with Crippen molar-refractivity contribution < 1.29 is 28.6 Å². The number of esters is 1. The predicted octanol–water partition coefficient (Wildman–Crippen LogP) is 0.763. The van der Waals surface area contributed by atoms with Gasteiger partial charge in [0.25, 0.3) is 5.91 Å². The highest BCUT2D eigenvalue weighted by molar-refractivity contribution is 5.96. The summed E-state index contributed by atoms with van der Waals surface area (Å²) in [6.07, 6.45) is -1.13. The molecule has 2 rings (SSSR count). The van der Waals surface area contributed by atoms with Crippen LogP contribution in [-0.4, -0.2) is 37.2 Å². The average Bonchev–Trinajstić information content (AvgIpc) is 2.51. The Hall–Kier alpha value is -2.77. The Kier molecular flexibility index (Phi) is 5.62. The van der Waals surface area contributed by atoms with Crippen LogP contribution in [0.15, 0.2) is 18.2 Å². The van der Waals surface area contributed by atoms with E-state index in [1.165, 1.54) is 0 Å². The van der Waals surface area contributed by atoms with Crippen molar-refractivity contribution in [3.8, 4) is 11.5 Å². The van der Waals surface area contributed by atoms with Gasteiger partial charge >= 0.3 is 12.0 Å². The number of hydrogen-bond acceptors (Lipinski definition) is 6. The Morgan fingerprint density at radius 3 is 2.50 bits per heavy atom. The lowest BCUT2D eigenvalue weighted by atomic mass is 10.1. The lowest BCUT2D eigenvalue weighted by molar-refractivity contribution is -0.157. The van der Waals surface area contributed by atoms with Crippen molar-refractivity contribution in [1.29, 1.82) is 0 Å². The fourth-order valence-electron chi connectivity index (χ4n) is 2.23. The summed E-state index contributed by atoms with van der Waals surface area (Å²) in [5.41, 5.74) is 5.58. The zero-order chi connectivity index (χ0) is 17.7. The summed E-state index contributed by atoms with van der Waals surface area (Å²) in [4.78, 5) is 34.7. The van der Waals surface area contributed by atoms with Gasteiger partial charge in [0.05, 0.1) is 6.42 Å². The number of fused-ring (bicyclic) bond motifs is 1. The summed E-state index contributed by atoms with van der Waals surface area (Å²) in [5, 5.41) is 1.92. The van der Waals surface area contributed by atoms with Crippen molar-refractivity contribution in [3.05, 3.63) is 23.8 Å². The van der Waals surface area contributed by atoms with E-state index in [1.54, 1.807) is 32.0 Å². The molecule has 0 bridgehead atoms. The molecule has 0 spiro atoms. The Balaban J connectivity index is 2.00. The maximum Gasteiger partial charge on any atom is 0.318 e. The number of nitrogens with one attached hydrogen (secondary N) is 1. The van der Waals surface area contributed by atoms with Crippen LogP contribution in [0.1, 0.15) is 19.4 Å². The van der Waals surface area contributed by atoms with E-state index in [1.807, 2.05) is 5.32 Å². The number of carbonyl (C=O) groups is 3. The van der Waals surface area contributed by atoms with Crippen LogP contribution >= 0.6 is 0 Å². The maximum absolute atomic E-state index is 12.1. The number of carbonyl (C=O) groups excluding carboxylic acids is 3. The van der Waals surface area contributed by atoms with Gasteiger partial charge in [-0.1, -0.05) is 19.9 Å². The molecule has 8 heteroatoms. The predicted molar refractivity (Wildman–Crippen MR) is 83.6 cm³/mol. The molecule has 3 N–H and O–H groups in total. The normalized spacial score (nSPS) is 14.0. The zero-order valence-corrected chi connectivity index (χ0v) is 13.5. The van der Waals surface area contributed by atoms with Crippen LogP contribution in [0.5, 0.6) is 11.5 Å². The Morgan fingerprint density at radius 1 is 1.21 bits per heavy atom. The SMILES string of the molecule is CC(C)[C@@H](OC(=O)Cc1ccc2c(c1)OCCO2)C(=O)NC(N)=O. The molecule has 1 aromatic carbocycles. The first kappa shape index (κ1) is 17.6. The van der Waals surface area contributed by atoms with Crippen molar-refractivity contribution in [2.45, 2.75) is 26.4 Å². The second-order valence-electron chi connectivity index (χ2n) is 5.66. The standard InChI is InChI=1S/C16H20N2O6/c1-9(2)14(15(20)18-16(17)21)24-13(19)8-10-3-4-11-12(7-10)23-6-5-22-11/h3-4,7,9,14H,5-6,8H2,1-2H3,(H3,17,18,20,21)/t14-/m1/s1. The first-order valence-corrected chi connectivity index (χ1v) is 7.55. The smallest absolute Gasteiger partial charge is 0.318 e. The third-order valence-electron chi connectivity index (χ3n) is 3.32. The molecule has 0 saturated carbocycles. The second-order valence-corrected chi connectivity index (χ2v) is 5.66. The van der Waals surface area contributed by atoms with Crippen LogP contribution in [0.4, 0.5) is 4.79 Å². The molecule has 1 aliphatic rings. The number of imide groups is 1. The van der Waals surface area contributed by atoms with Gasteiger partial charge in [-0.05, 0) is 23.6 Å². The van der Waals surface area contributed by atoms with E-state index in [2.05, 4.69) is 0 Å². The molecule has 130 valence electrons. The van der Waals surface area contributed by atoms with Gasteiger partial charge < -0.3 is 19.9 Å².